The lowest BCUT2D eigenvalue weighted by molar-refractivity contribution is -0.387. The highest BCUT2D eigenvalue weighted by Crippen LogP contribution is 2.31. The minimum atomic E-state index is -1.55. The minimum Gasteiger partial charge on any atom is -0.459 e. The summed E-state index contributed by atoms with van der Waals surface area (Å²) in [4.78, 5) is 35.2. The molecule has 1 rings (SSSR count). The quantitative estimate of drug-likeness (QED) is 0.347. The zero-order valence-electron chi connectivity index (χ0n) is 16.0. The highest BCUT2D eigenvalue weighted by molar-refractivity contribution is 6.01. The van der Waals surface area contributed by atoms with Crippen LogP contribution in [0.3, 0.4) is 0 Å². The van der Waals surface area contributed by atoms with Crippen molar-refractivity contribution in [2.24, 2.45) is 0 Å². The summed E-state index contributed by atoms with van der Waals surface area (Å²) in [6.07, 6.45) is 0. The number of hydrogen-bond acceptors (Lipinski definition) is 6. The van der Waals surface area contributed by atoms with E-state index in [4.69, 9.17) is 9.47 Å². The van der Waals surface area contributed by atoms with Crippen LogP contribution in [-0.4, -0.2) is 28.1 Å². The molecule has 0 N–H and O–H groups in total. The molecule has 26 heavy (non-hydrogen) atoms. The third-order valence-corrected chi connectivity index (χ3v) is 3.13. The number of ether oxygens (including phenoxy) is 2. The Morgan fingerprint density at radius 2 is 1.46 bits per heavy atom. The Morgan fingerprint density at radius 1 is 1.04 bits per heavy atom. The van der Waals surface area contributed by atoms with Crippen LogP contribution in [0.1, 0.15) is 58.6 Å². The fourth-order valence-corrected chi connectivity index (χ4v) is 2.20. The molecule has 0 amide bonds. The molecule has 0 heterocycles. The molecule has 8 heteroatoms. The third-order valence-electron chi connectivity index (χ3n) is 3.13. The largest absolute Gasteiger partial charge is 0.459 e. The van der Waals surface area contributed by atoms with Gasteiger partial charge < -0.3 is 9.47 Å². The maximum Gasteiger partial charge on any atom is 0.325 e. The second-order valence-electron chi connectivity index (χ2n) is 7.92. The zero-order valence-corrected chi connectivity index (χ0v) is 16.0. The smallest absolute Gasteiger partial charge is 0.325 e. The summed E-state index contributed by atoms with van der Waals surface area (Å²) in [6, 6.07) is 1.79. The van der Waals surface area contributed by atoms with Gasteiger partial charge in [0.2, 0.25) is 5.82 Å². The molecular weight excluding hydrogens is 345 g/mol. The van der Waals surface area contributed by atoms with Crippen molar-refractivity contribution in [3.05, 3.63) is 39.2 Å². The number of rotatable bonds is 4. The van der Waals surface area contributed by atoms with Gasteiger partial charge in [-0.2, -0.15) is 4.39 Å². The van der Waals surface area contributed by atoms with Crippen LogP contribution >= 0.6 is 0 Å². The van der Waals surface area contributed by atoms with Gasteiger partial charge in [0.25, 0.3) is 0 Å². The first-order chi connectivity index (χ1) is 11.6. The SMILES string of the molecule is Cc1cc([N+](=O)[O-])c(F)cc1C(C(=O)OC(C)(C)C)C(=O)OC(C)(C)C. The molecule has 0 radical (unpaired) electrons. The number of nitro groups is 1. The molecule has 0 saturated heterocycles. The van der Waals surface area contributed by atoms with E-state index in [1.54, 1.807) is 41.5 Å². The lowest BCUT2D eigenvalue weighted by Crippen LogP contribution is -2.36. The van der Waals surface area contributed by atoms with Crippen molar-refractivity contribution in [2.45, 2.75) is 65.6 Å². The molecule has 1 aromatic carbocycles. The molecule has 0 aliphatic carbocycles. The average Bonchev–Trinajstić information content (AvgIpc) is 2.37. The maximum atomic E-state index is 14.1. The normalized spacial score (nSPS) is 12.0. The highest BCUT2D eigenvalue weighted by Gasteiger charge is 2.38. The molecule has 1 aromatic rings. The first kappa shape index (κ1) is 21.5. The summed E-state index contributed by atoms with van der Waals surface area (Å²) in [5.41, 5.74) is -2.33. The fourth-order valence-electron chi connectivity index (χ4n) is 2.20. The molecule has 0 saturated carbocycles. The van der Waals surface area contributed by atoms with Gasteiger partial charge in [0.15, 0.2) is 5.92 Å². The highest BCUT2D eigenvalue weighted by atomic mass is 19.1. The minimum absolute atomic E-state index is 0.0309. The zero-order chi connectivity index (χ0) is 20.4. The second-order valence-corrected chi connectivity index (χ2v) is 7.92. The monoisotopic (exact) mass is 369 g/mol. The summed E-state index contributed by atoms with van der Waals surface area (Å²) in [5.74, 6) is -4.53. The lowest BCUT2D eigenvalue weighted by Gasteiger charge is -2.27. The van der Waals surface area contributed by atoms with Crippen LogP contribution in [0.2, 0.25) is 0 Å². The van der Waals surface area contributed by atoms with Gasteiger partial charge in [-0.05, 0) is 65.7 Å². The number of esters is 2. The Labute approximate surface area is 151 Å². The lowest BCUT2D eigenvalue weighted by atomic mass is 9.93. The molecular formula is C18H24FNO6. The molecule has 7 nitrogen and oxygen atoms in total. The summed E-state index contributed by atoms with van der Waals surface area (Å²) in [7, 11) is 0. The second kappa shape index (κ2) is 7.39. The van der Waals surface area contributed by atoms with E-state index < -0.39 is 45.5 Å². The molecule has 0 atom stereocenters. The molecule has 0 aliphatic rings. The predicted octanol–water partition coefficient (Wildman–Crippen LogP) is 3.81. The van der Waals surface area contributed by atoms with Gasteiger partial charge in [0.05, 0.1) is 4.92 Å². The first-order valence-corrected chi connectivity index (χ1v) is 8.02. The fraction of sp³-hybridized carbons (Fsp3) is 0.556. The number of hydrogen-bond donors (Lipinski definition) is 0. The molecule has 0 aliphatic heterocycles. The van der Waals surface area contributed by atoms with Crippen molar-refractivity contribution in [3.63, 3.8) is 0 Å². The number of carbonyl (C=O) groups is 2. The van der Waals surface area contributed by atoms with Crippen molar-refractivity contribution >= 4 is 17.6 Å². The van der Waals surface area contributed by atoms with Crippen LogP contribution < -0.4 is 0 Å². The van der Waals surface area contributed by atoms with Crippen LogP contribution in [0, 0.1) is 22.9 Å². The van der Waals surface area contributed by atoms with Gasteiger partial charge >= 0.3 is 17.6 Å². The summed E-state index contributed by atoms with van der Waals surface area (Å²) in [5, 5.41) is 10.9. The van der Waals surface area contributed by atoms with Crippen LogP contribution in [0.25, 0.3) is 0 Å². The number of carbonyl (C=O) groups excluding carboxylic acids is 2. The van der Waals surface area contributed by atoms with E-state index in [0.29, 0.717) is 0 Å². The molecule has 0 aromatic heterocycles. The third kappa shape index (κ3) is 5.79. The van der Waals surface area contributed by atoms with Crippen LogP contribution in [0.5, 0.6) is 0 Å². The van der Waals surface area contributed by atoms with Gasteiger partial charge in [-0.15, -0.1) is 0 Å². The van der Waals surface area contributed by atoms with Crippen molar-refractivity contribution < 1.29 is 28.4 Å². The molecule has 0 unspecified atom stereocenters. The van der Waals surface area contributed by atoms with Gasteiger partial charge in [0, 0.05) is 6.07 Å². The van der Waals surface area contributed by atoms with E-state index in [1.807, 2.05) is 0 Å². The summed E-state index contributed by atoms with van der Waals surface area (Å²) >= 11 is 0. The van der Waals surface area contributed by atoms with Gasteiger partial charge in [-0.3, -0.25) is 19.7 Å². The number of nitro benzene ring substituents is 1. The Balaban J connectivity index is 3.45. The van der Waals surface area contributed by atoms with Crippen LogP contribution in [0.15, 0.2) is 12.1 Å². The number of halogens is 1. The predicted molar refractivity (Wildman–Crippen MR) is 92.2 cm³/mol. The van der Waals surface area contributed by atoms with Crippen LogP contribution in [0.4, 0.5) is 10.1 Å². The molecule has 0 fully saturated rings. The molecule has 144 valence electrons. The average molecular weight is 369 g/mol. The Morgan fingerprint density at radius 3 is 1.81 bits per heavy atom. The van der Waals surface area contributed by atoms with Crippen LogP contribution in [-0.2, 0) is 19.1 Å². The van der Waals surface area contributed by atoms with E-state index in [2.05, 4.69) is 0 Å². The Hall–Kier alpha value is -2.51. The van der Waals surface area contributed by atoms with E-state index in [0.717, 1.165) is 12.1 Å². The van der Waals surface area contributed by atoms with Crippen molar-refractivity contribution in [2.75, 3.05) is 0 Å². The number of nitrogens with zero attached hydrogens (tertiary/aromatic N) is 1. The summed E-state index contributed by atoms with van der Waals surface area (Å²) < 4.78 is 24.6. The summed E-state index contributed by atoms with van der Waals surface area (Å²) in [6.45, 7) is 11.2. The van der Waals surface area contributed by atoms with Gasteiger partial charge in [-0.25, -0.2) is 0 Å². The van der Waals surface area contributed by atoms with E-state index in [9.17, 15) is 24.1 Å². The van der Waals surface area contributed by atoms with Gasteiger partial charge in [0.1, 0.15) is 11.2 Å². The number of aryl methyl sites for hydroxylation is 1. The van der Waals surface area contributed by atoms with Gasteiger partial charge in [-0.1, -0.05) is 0 Å². The molecule has 0 spiro atoms. The Kier molecular flexibility index (Phi) is 6.12. The van der Waals surface area contributed by atoms with E-state index in [-0.39, 0.29) is 11.1 Å². The maximum absolute atomic E-state index is 14.1. The van der Waals surface area contributed by atoms with Crippen molar-refractivity contribution in [1.29, 1.82) is 0 Å². The van der Waals surface area contributed by atoms with Crippen molar-refractivity contribution in [1.82, 2.24) is 0 Å². The Bertz CT molecular complexity index is 702. The van der Waals surface area contributed by atoms with E-state index in [1.165, 1.54) is 6.92 Å². The van der Waals surface area contributed by atoms with Crippen molar-refractivity contribution in [3.8, 4) is 0 Å². The van der Waals surface area contributed by atoms with E-state index >= 15 is 0 Å². The number of benzene rings is 1. The molecule has 0 bridgehead atoms. The standard InChI is InChI=1S/C18H24FNO6/c1-10-8-13(20(23)24)12(19)9-11(10)14(15(21)25-17(2,3)4)16(22)26-18(5,6)7/h8-9,14H,1-7H3. The topological polar surface area (TPSA) is 95.7 Å². The first-order valence-electron chi connectivity index (χ1n) is 8.02.